The van der Waals surface area contributed by atoms with Crippen LogP contribution in [0.5, 0.6) is 0 Å². The van der Waals surface area contributed by atoms with Gasteiger partial charge in [0.25, 0.3) is 0 Å². The molecule has 4 nitrogen and oxygen atoms in total. The molecule has 0 radical (unpaired) electrons. The maximum Gasteiger partial charge on any atom is 0.234 e. The lowest BCUT2D eigenvalue weighted by Gasteiger charge is -2.00. The molecule has 4 rings (SSSR count). The second-order valence-corrected chi connectivity index (χ2v) is 7.38. The van der Waals surface area contributed by atoms with Crippen LogP contribution in [0, 0.1) is 0 Å². The molecule has 2 aromatic carbocycles. The van der Waals surface area contributed by atoms with Crippen LogP contribution in [0.25, 0.3) is 15.5 Å². The summed E-state index contributed by atoms with van der Waals surface area (Å²) in [6, 6.07) is 13.0. The molecule has 0 aliphatic heterocycles. The van der Waals surface area contributed by atoms with Crippen LogP contribution in [0.15, 0.2) is 42.5 Å². The van der Waals surface area contributed by atoms with E-state index in [0.717, 1.165) is 26.9 Å². The Hall–Kier alpha value is -1.66. The van der Waals surface area contributed by atoms with Crippen LogP contribution >= 0.6 is 46.1 Å². The van der Waals surface area contributed by atoms with Crippen molar-refractivity contribution in [1.29, 1.82) is 0 Å². The zero-order chi connectivity index (χ0) is 16.7. The minimum absolute atomic E-state index is 0.562. The fourth-order valence-electron chi connectivity index (χ4n) is 2.32. The van der Waals surface area contributed by atoms with Gasteiger partial charge in [0.2, 0.25) is 4.96 Å². The predicted molar refractivity (Wildman–Crippen MR) is 98.4 cm³/mol. The van der Waals surface area contributed by atoms with Gasteiger partial charge in [-0.15, -0.1) is 10.2 Å². The van der Waals surface area contributed by atoms with Crippen molar-refractivity contribution < 1.29 is 0 Å². The molecule has 0 aliphatic rings. The van der Waals surface area contributed by atoms with Gasteiger partial charge in [0, 0.05) is 22.0 Å². The van der Waals surface area contributed by atoms with E-state index in [2.05, 4.69) is 15.3 Å². The quantitative estimate of drug-likeness (QED) is 0.466. The Kier molecular flexibility index (Phi) is 4.18. The molecule has 0 spiro atoms. The van der Waals surface area contributed by atoms with Crippen molar-refractivity contribution >= 4 is 51.1 Å². The minimum atomic E-state index is 0.562. The fraction of sp³-hybridized carbons (Fsp3) is 0.0625. The highest BCUT2D eigenvalue weighted by molar-refractivity contribution is 7.19. The molecule has 4 aromatic rings. The van der Waals surface area contributed by atoms with Gasteiger partial charge < -0.3 is 0 Å². The molecule has 0 bridgehead atoms. The Morgan fingerprint density at radius 3 is 2.42 bits per heavy atom. The van der Waals surface area contributed by atoms with E-state index in [-0.39, 0.29) is 0 Å². The van der Waals surface area contributed by atoms with Crippen molar-refractivity contribution in [1.82, 2.24) is 19.8 Å². The third-order valence-electron chi connectivity index (χ3n) is 3.49. The Balaban J connectivity index is 1.71. The van der Waals surface area contributed by atoms with E-state index >= 15 is 0 Å². The van der Waals surface area contributed by atoms with Gasteiger partial charge in [0.05, 0.1) is 5.02 Å². The van der Waals surface area contributed by atoms with Crippen LogP contribution < -0.4 is 0 Å². The van der Waals surface area contributed by atoms with Crippen molar-refractivity contribution in [2.24, 2.45) is 0 Å². The van der Waals surface area contributed by atoms with Gasteiger partial charge in [-0.2, -0.15) is 9.61 Å². The highest BCUT2D eigenvalue weighted by atomic mass is 35.5. The molecule has 0 saturated heterocycles. The molecule has 0 unspecified atom stereocenters. The van der Waals surface area contributed by atoms with E-state index in [1.807, 2.05) is 30.3 Å². The van der Waals surface area contributed by atoms with Gasteiger partial charge in [-0.3, -0.25) is 0 Å². The first-order valence-electron chi connectivity index (χ1n) is 7.01. The standard InChI is InChI=1S/C16H9Cl3N4S/c17-10-3-1-9(2-4-10)7-14-20-21-16-23(14)22-15(24-16)12-6-5-11(18)8-13(12)19/h1-6,8H,7H2. The molecular formula is C16H9Cl3N4S. The lowest BCUT2D eigenvalue weighted by molar-refractivity contribution is 0.854. The molecule has 120 valence electrons. The number of rotatable bonds is 3. The number of hydrogen-bond acceptors (Lipinski definition) is 4. The van der Waals surface area contributed by atoms with Gasteiger partial charge in [0.15, 0.2) is 5.82 Å². The predicted octanol–water partition coefficient (Wildman–Crippen LogP) is 5.40. The maximum absolute atomic E-state index is 6.27. The summed E-state index contributed by atoms with van der Waals surface area (Å²) in [4.78, 5) is 0.722. The number of benzene rings is 2. The van der Waals surface area contributed by atoms with Gasteiger partial charge >= 0.3 is 0 Å². The first-order chi connectivity index (χ1) is 11.6. The zero-order valence-electron chi connectivity index (χ0n) is 12.1. The van der Waals surface area contributed by atoms with Crippen LogP contribution in [-0.2, 0) is 6.42 Å². The van der Waals surface area contributed by atoms with Crippen molar-refractivity contribution in [3.05, 3.63) is 68.9 Å². The van der Waals surface area contributed by atoms with E-state index in [1.165, 1.54) is 11.3 Å². The average Bonchev–Trinajstić information content (AvgIpc) is 3.11. The number of hydrogen-bond donors (Lipinski definition) is 0. The zero-order valence-corrected chi connectivity index (χ0v) is 15.2. The molecule has 0 N–H and O–H groups in total. The fourth-order valence-corrected chi connectivity index (χ4v) is 3.90. The van der Waals surface area contributed by atoms with Crippen LogP contribution in [0.2, 0.25) is 15.1 Å². The normalized spacial score (nSPS) is 11.3. The van der Waals surface area contributed by atoms with Crippen LogP contribution in [-0.4, -0.2) is 19.8 Å². The number of aromatic nitrogens is 4. The molecule has 2 aromatic heterocycles. The van der Waals surface area contributed by atoms with Gasteiger partial charge in [-0.25, -0.2) is 0 Å². The number of nitrogens with zero attached hydrogens (tertiary/aromatic N) is 4. The molecule has 0 fully saturated rings. The smallest absolute Gasteiger partial charge is 0.187 e. The van der Waals surface area contributed by atoms with Gasteiger partial charge in [-0.05, 0) is 35.9 Å². The molecule has 0 saturated carbocycles. The summed E-state index contributed by atoms with van der Waals surface area (Å²) in [7, 11) is 0. The molecule has 0 amide bonds. The SMILES string of the molecule is Clc1ccc(Cc2nnc3sc(-c4ccc(Cl)cc4Cl)nn23)cc1. The monoisotopic (exact) mass is 394 g/mol. The summed E-state index contributed by atoms with van der Waals surface area (Å²) in [5.41, 5.74) is 1.92. The highest BCUT2D eigenvalue weighted by Crippen LogP contribution is 2.33. The van der Waals surface area contributed by atoms with Crippen molar-refractivity contribution in [2.45, 2.75) is 6.42 Å². The van der Waals surface area contributed by atoms with Crippen molar-refractivity contribution in [3.63, 3.8) is 0 Å². The molecule has 0 aliphatic carbocycles. The third kappa shape index (κ3) is 3.00. The number of halogens is 3. The summed E-state index contributed by atoms with van der Waals surface area (Å²) >= 11 is 19.6. The first-order valence-corrected chi connectivity index (χ1v) is 8.96. The van der Waals surface area contributed by atoms with Gasteiger partial charge in [0.1, 0.15) is 5.01 Å². The van der Waals surface area contributed by atoms with E-state index in [9.17, 15) is 0 Å². The third-order valence-corrected chi connectivity index (χ3v) is 5.22. The van der Waals surface area contributed by atoms with E-state index in [0.29, 0.717) is 21.5 Å². The highest BCUT2D eigenvalue weighted by Gasteiger charge is 2.15. The summed E-state index contributed by atoms with van der Waals surface area (Å²) in [5, 5.41) is 15.7. The molecule has 2 heterocycles. The topological polar surface area (TPSA) is 43.1 Å². The second kappa shape index (κ2) is 6.33. The molecule has 8 heteroatoms. The Bertz CT molecular complexity index is 1020. The van der Waals surface area contributed by atoms with E-state index < -0.39 is 0 Å². The van der Waals surface area contributed by atoms with Crippen molar-refractivity contribution in [2.75, 3.05) is 0 Å². The van der Waals surface area contributed by atoms with Crippen LogP contribution in [0.3, 0.4) is 0 Å². The minimum Gasteiger partial charge on any atom is -0.187 e. The lowest BCUT2D eigenvalue weighted by atomic mass is 10.1. The maximum atomic E-state index is 6.27. The average molecular weight is 396 g/mol. The van der Waals surface area contributed by atoms with Crippen LogP contribution in [0.4, 0.5) is 0 Å². The second-order valence-electron chi connectivity index (χ2n) is 5.15. The summed E-state index contributed by atoms with van der Waals surface area (Å²) in [6.07, 6.45) is 0.621. The lowest BCUT2D eigenvalue weighted by Crippen LogP contribution is -1.97. The summed E-state index contributed by atoms with van der Waals surface area (Å²) in [6.45, 7) is 0. The summed E-state index contributed by atoms with van der Waals surface area (Å²) < 4.78 is 1.75. The van der Waals surface area contributed by atoms with Crippen molar-refractivity contribution in [3.8, 4) is 10.6 Å². The molecule has 24 heavy (non-hydrogen) atoms. The molecule has 0 atom stereocenters. The Morgan fingerprint density at radius 1 is 0.917 bits per heavy atom. The van der Waals surface area contributed by atoms with E-state index in [4.69, 9.17) is 34.8 Å². The summed E-state index contributed by atoms with van der Waals surface area (Å²) in [5.74, 6) is 0.764. The number of fused-ring (bicyclic) bond motifs is 1. The van der Waals surface area contributed by atoms with E-state index in [1.54, 1.807) is 16.6 Å². The largest absolute Gasteiger partial charge is 0.234 e. The van der Waals surface area contributed by atoms with Gasteiger partial charge in [-0.1, -0.05) is 58.3 Å². The first kappa shape index (κ1) is 15.8. The Labute approximate surface area is 156 Å². The molecular weight excluding hydrogens is 387 g/mol. The Morgan fingerprint density at radius 2 is 1.67 bits per heavy atom. The van der Waals surface area contributed by atoms with Crippen LogP contribution in [0.1, 0.15) is 11.4 Å².